The van der Waals surface area contributed by atoms with Crippen LogP contribution < -0.4 is 9.47 Å². The van der Waals surface area contributed by atoms with Crippen LogP contribution in [0.25, 0.3) is 0 Å². The minimum atomic E-state index is -0.942. The highest BCUT2D eigenvalue weighted by Gasteiger charge is 2.48. The molecule has 0 bridgehead atoms. The van der Waals surface area contributed by atoms with Crippen molar-refractivity contribution < 1.29 is 14.3 Å². The lowest BCUT2D eigenvalue weighted by Gasteiger charge is -2.37. The normalized spacial score (nSPS) is 18.3. The summed E-state index contributed by atoms with van der Waals surface area (Å²) in [7, 11) is 3.32. The molecule has 3 heteroatoms. The number of ketones is 1. The fourth-order valence-electron chi connectivity index (χ4n) is 5.02. The highest BCUT2D eigenvalue weighted by Crippen LogP contribution is 2.49. The third-order valence-corrected chi connectivity index (χ3v) is 6.61. The Morgan fingerprint density at radius 1 is 0.871 bits per heavy atom. The maximum absolute atomic E-state index is 14.2. The van der Waals surface area contributed by atoms with E-state index < -0.39 is 5.41 Å². The average molecular weight is 415 g/mol. The number of aryl methyl sites for hydroxylation is 3. The van der Waals surface area contributed by atoms with Gasteiger partial charge < -0.3 is 9.47 Å². The molecule has 0 radical (unpaired) electrons. The molecule has 0 spiro atoms. The number of rotatable bonds is 5. The van der Waals surface area contributed by atoms with Gasteiger partial charge in [0.1, 0.15) is 16.9 Å². The molecule has 0 fully saturated rings. The first-order valence-electron chi connectivity index (χ1n) is 11.0. The van der Waals surface area contributed by atoms with E-state index in [4.69, 9.17) is 9.47 Å². The van der Waals surface area contributed by atoms with Crippen molar-refractivity contribution >= 4 is 5.78 Å². The quantitative estimate of drug-likeness (QED) is 0.494. The lowest BCUT2D eigenvalue weighted by atomic mass is 9.64. The number of benzene rings is 3. The van der Waals surface area contributed by atoms with Crippen molar-refractivity contribution in [3.8, 4) is 11.5 Å². The van der Waals surface area contributed by atoms with Crippen LogP contribution in [0.15, 0.2) is 60.7 Å². The van der Waals surface area contributed by atoms with Gasteiger partial charge >= 0.3 is 0 Å². The van der Waals surface area contributed by atoms with Gasteiger partial charge in [0.05, 0.1) is 14.2 Å². The number of carbonyl (C=O) groups excluding carboxylic acids is 1. The number of Topliss-reactive ketones (excluding diaryl/α,β-unsaturated/α-hetero) is 1. The third-order valence-electron chi connectivity index (χ3n) is 6.61. The van der Waals surface area contributed by atoms with E-state index in [1.165, 1.54) is 11.1 Å². The lowest BCUT2D eigenvalue weighted by molar-refractivity contribution is -0.122. The molecule has 0 heterocycles. The predicted octanol–water partition coefficient (Wildman–Crippen LogP) is 5.81. The average Bonchev–Trinajstić information content (AvgIpc) is 2.95. The minimum absolute atomic E-state index is 0.209. The van der Waals surface area contributed by atoms with Gasteiger partial charge in [0.2, 0.25) is 0 Å². The molecule has 31 heavy (non-hydrogen) atoms. The van der Waals surface area contributed by atoms with Crippen molar-refractivity contribution in [1.82, 2.24) is 0 Å². The van der Waals surface area contributed by atoms with Gasteiger partial charge in [-0.3, -0.25) is 4.79 Å². The van der Waals surface area contributed by atoms with Crippen LogP contribution in [0.4, 0.5) is 0 Å². The Kier molecular flexibility index (Phi) is 5.86. The van der Waals surface area contributed by atoms with Crippen molar-refractivity contribution in [2.24, 2.45) is 0 Å². The number of hydrogen-bond acceptors (Lipinski definition) is 3. The first-order chi connectivity index (χ1) is 15.1. The summed E-state index contributed by atoms with van der Waals surface area (Å²) in [4.78, 5) is 14.2. The minimum Gasteiger partial charge on any atom is -0.497 e. The topological polar surface area (TPSA) is 35.5 Å². The molecule has 0 saturated carbocycles. The van der Waals surface area contributed by atoms with Crippen molar-refractivity contribution in [3.63, 3.8) is 0 Å². The summed E-state index contributed by atoms with van der Waals surface area (Å²) in [6.07, 6.45) is 3.16. The van der Waals surface area contributed by atoms with Gasteiger partial charge in [-0.2, -0.15) is 0 Å². The van der Waals surface area contributed by atoms with E-state index in [1.54, 1.807) is 14.2 Å². The fraction of sp³-hybridized carbons (Fsp3) is 0.321. The third kappa shape index (κ3) is 3.42. The molecule has 0 saturated heterocycles. The summed E-state index contributed by atoms with van der Waals surface area (Å²) in [6.45, 7) is 4.25. The van der Waals surface area contributed by atoms with E-state index in [9.17, 15) is 4.79 Å². The van der Waals surface area contributed by atoms with Gasteiger partial charge in [0.15, 0.2) is 5.78 Å². The van der Waals surface area contributed by atoms with E-state index in [0.29, 0.717) is 17.9 Å². The summed E-state index contributed by atoms with van der Waals surface area (Å²) in [5.41, 5.74) is 5.55. The zero-order valence-electron chi connectivity index (χ0n) is 18.8. The highest BCUT2D eigenvalue weighted by atomic mass is 16.5. The van der Waals surface area contributed by atoms with Crippen molar-refractivity contribution in [3.05, 3.63) is 94.0 Å². The van der Waals surface area contributed by atoms with E-state index in [0.717, 1.165) is 41.5 Å². The van der Waals surface area contributed by atoms with Gasteiger partial charge in [-0.15, -0.1) is 0 Å². The van der Waals surface area contributed by atoms with Crippen LogP contribution in [-0.4, -0.2) is 20.0 Å². The molecule has 0 amide bonds. The van der Waals surface area contributed by atoms with Crippen LogP contribution in [0.2, 0.25) is 0 Å². The molecule has 160 valence electrons. The van der Waals surface area contributed by atoms with Crippen molar-refractivity contribution in [2.45, 2.75) is 44.9 Å². The molecule has 0 aliphatic heterocycles. The molecule has 3 nitrogen and oxygen atoms in total. The van der Waals surface area contributed by atoms with Crippen LogP contribution in [0.1, 0.15) is 53.1 Å². The monoisotopic (exact) mass is 414 g/mol. The molecular weight excluding hydrogens is 384 g/mol. The van der Waals surface area contributed by atoms with E-state index in [1.807, 2.05) is 24.3 Å². The molecule has 0 N–H and O–H groups in total. The zero-order valence-corrected chi connectivity index (χ0v) is 18.8. The summed E-state index contributed by atoms with van der Waals surface area (Å²) in [6, 6.07) is 20.7. The number of ether oxygens (including phenoxy) is 2. The molecule has 3 aromatic carbocycles. The lowest BCUT2D eigenvalue weighted by Crippen LogP contribution is -2.39. The Labute approximate surface area is 185 Å². The number of carbonyl (C=O) groups is 1. The first-order valence-corrected chi connectivity index (χ1v) is 11.0. The predicted molar refractivity (Wildman–Crippen MR) is 124 cm³/mol. The number of methoxy groups -OCH3 is 2. The summed E-state index contributed by atoms with van der Waals surface area (Å²) < 4.78 is 11.4. The van der Waals surface area contributed by atoms with Crippen LogP contribution in [0, 0.1) is 6.92 Å². The van der Waals surface area contributed by atoms with Crippen LogP contribution >= 0.6 is 0 Å². The maximum atomic E-state index is 14.2. The van der Waals surface area contributed by atoms with Crippen LogP contribution in [0.5, 0.6) is 11.5 Å². The Morgan fingerprint density at radius 3 is 2.42 bits per heavy atom. The maximum Gasteiger partial charge on any atom is 0.152 e. The van der Waals surface area contributed by atoms with E-state index in [2.05, 4.69) is 50.2 Å². The second kappa shape index (κ2) is 8.58. The number of fused-ring (bicyclic) bond motifs is 1. The van der Waals surface area contributed by atoms with Gasteiger partial charge in [-0.25, -0.2) is 0 Å². The Morgan fingerprint density at radius 2 is 1.68 bits per heavy atom. The Bertz CT molecular complexity index is 1110. The smallest absolute Gasteiger partial charge is 0.152 e. The van der Waals surface area contributed by atoms with Gasteiger partial charge in [-0.05, 0) is 72.2 Å². The van der Waals surface area contributed by atoms with Crippen LogP contribution in [0.3, 0.4) is 0 Å². The van der Waals surface area contributed by atoms with Crippen molar-refractivity contribution in [1.29, 1.82) is 0 Å². The molecule has 4 rings (SSSR count). The summed E-state index contributed by atoms with van der Waals surface area (Å²) in [5, 5.41) is 0. The number of hydrogen-bond donors (Lipinski definition) is 0. The molecule has 1 atom stereocenters. The molecule has 0 aromatic heterocycles. The van der Waals surface area contributed by atoms with Crippen LogP contribution in [-0.2, 0) is 23.1 Å². The van der Waals surface area contributed by atoms with Crippen molar-refractivity contribution in [2.75, 3.05) is 14.2 Å². The molecular formula is C28H30O3. The molecule has 1 aliphatic rings. The second-order valence-corrected chi connectivity index (χ2v) is 8.25. The van der Waals surface area contributed by atoms with Gasteiger partial charge in [-0.1, -0.05) is 49.4 Å². The molecule has 3 aromatic rings. The first kappa shape index (κ1) is 21.2. The molecule has 1 aliphatic carbocycles. The zero-order chi connectivity index (χ0) is 22.0. The largest absolute Gasteiger partial charge is 0.497 e. The molecule has 1 unspecified atom stereocenters. The highest BCUT2D eigenvalue weighted by molar-refractivity contribution is 5.99. The summed E-state index contributed by atoms with van der Waals surface area (Å²) >= 11 is 0. The second-order valence-electron chi connectivity index (χ2n) is 8.25. The van der Waals surface area contributed by atoms with E-state index >= 15 is 0 Å². The Hall–Kier alpha value is -3.07. The Balaban J connectivity index is 2.20. The standard InChI is InChI=1S/C28H30O3/c1-5-20-14-13-19(2)24(17-20)28(25-18-22(30-3)15-16-26(25)31-4)23-11-7-6-9-21(23)10-8-12-27(28)29/h6-7,9,11,13-18H,5,8,10,12H2,1-4H3. The fourth-order valence-corrected chi connectivity index (χ4v) is 5.02. The van der Waals surface area contributed by atoms with Gasteiger partial charge in [0, 0.05) is 12.0 Å². The SMILES string of the molecule is CCc1ccc(C)c(C2(c3cc(OC)ccc3OC)C(=O)CCCc3ccccc32)c1. The van der Waals surface area contributed by atoms with E-state index in [-0.39, 0.29) is 5.78 Å². The van der Waals surface area contributed by atoms with Gasteiger partial charge in [0.25, 0.3) is 0 Å². The summed E-state index contributed by atoms with van der Waals surface area (Å²) in [5.74, 6) is 1.63.